The molecule has 1 N–H and O–H groups in total. The van der Waals surface area contributed by atoms with Crippen LogP contribution in [-0.2, 0) is 26.2 Å². The Hall–Kier alpha value is -3.56. The van der Waals surface area contributed by atoms with Crippen LogP contribution in [0.25, 0.3) is 0 Å². The van der Waals surface area contributed by atoms with E-state index < -0.39 is 28.5 Å². The van der Waals surface area contributed by atoms with E-state index in [2.05, 4.69) is 5.32 Å². The molecule has 8 nitrogen and oxygen atoms in total. The van der Waals surface area contributed by atoms with E-state index in [4.69, 9.17) is 16.3 Å². The Balaban J connectivity index is 2.10. The second-order valence-electron chi connectivity index (χ2n) is 9.82. The maximum Gasteiger partial charge on any atom is 0.264 e. The minimum Gasteiger partial charge on any atom is -0.497 e. The number of hydrogen-bond acceptors (Lipinski definition) is 5. The molecule has 2 atom stereocenters. The highest BCUT2D eigenvalue weighted by atomic mass is 35.5. The van der Waals surface area contributed by atoms with Gasteiger partial charge in [-0.25, -0.2) is 8.42 Å². The summed E-state index contributed by atoms with van der Waals surface area (Å²) in [7, 11) is -2.62. The summed E-state index contributed by atoms with van der Waals surface area (Å²) in [4.78, 5) is 29.1. The van der Waals surface area contributed by atoms with Crippen LogP contribution in [0.15, 0.2) is 77.7 Å². The summed E-state index contributed by atoms with van der Waals surface area (Å²) in [5, 5.41) is 3.35. The second kappa shape index (κ2) is 14.4. The average molecular weight is 600 g/mol. The van der Waals surface area contributed by atoms with Gasteiger partial charge in [-0.05, 0) is 74.2 Å². The topological polar surface area (TPSA) is 96.0 Å². The quantitative estimate of drug-likeness (QED) is 0.277. The third-order valence-corrected chi connectivity index (χ3v) is 9.18. The Morgan fingerprint density at radius 3 is 2.29 bits per heavy atom. The van der Waals surface area contributed by atoms with Crippen molar-refractivity contribution in [1.82, 2.24) is 10.2 Å². The molecule has 0 heterocycles. The first-order valence-corrected chi connectivity index (χ1v) is 15.4. The molecule has 0 fully saturated rings. The van der Waals surface area contributed by atoms with Crippen molar-refractivity contribution >= 4 is 39.1 Å². The van der Waals surface area contributed by atoms with Crippen LogP contribution in [-0.4, -0.2) is 50.9 Å². The van der Waals surface area contributed by atoms with E-state index in [0.29, 0.717) is 22.8 Å². The number of nitrogens with zero attached hydrogens (tertiary/aromatic N) is 2. The number of halogens is 1. The number of benzene rings is 3. The minimum absolute atomic E-state index is 0.0353. The van der Waals surface area contributed by atoms with E-state index in [1.165, 1.54) is 17.0 Å². The lowest BCUT2D eigenvalue weighted by atomic mass is 10.1. The zero-order chi connectivity index (χ0) is 30.2. The summed E-state index contributed by atoms with van der Waals surface area (Å²) in [5.41, 5.74) is 1.54. The Morgan fingerprint density at radius 1 is 0.976 bits per heavy atom. The maximum atomic E-state index is 14.2. The van der Waals surface area contributed by atoms with Gasteiger partial charge in [-0.2, -0.15) is 0 Å². The molecule has 0 spiro atoms. The second-order valence-corrected chi connectivity index (χ2v) is 12.1. The highest BCUT2D eigenvalue weighted by Crippen LogP contribution is 2.31. The van der Waals surface area contributed by atoms with Crippen LogP contribution < -0.4 is 14.4 Å². The van der Waals surface area contributed by atoms with Crippen molar-refractivity contribution in [2.75, 3.05) is 18.0 Å². The molecule has 0 unspecified atom stereocenters. The number of methoxy groups -OCH3 is 1. The van der Waals surface area contributed by atoms with Crippen LogP contribution in [0.3, 0.4) is 0 Å². The normalized spacial score (nSPS) is 12.7. The molecular weight excluding hydrogens is 562 g/mol. The van der Waals surface area contributed by atoms with Crippen LogP contribution in [0.2, 0.25) is 5.02 Å². The summed E-state index contributed by atoms with van der Waals surface area (Å²) >= 11 is 6.38. The molecular formula is C31H38ClN3O5S. The lowest BCUT2D eigenvalue weighted by molar-refractivity contribution is -0.140. The Labute approximate surface area is 248 Å². The SMILES string of the molecule is CC[C@@H](C)NC(=O)[C@@H](CC)N(Cc1cccc(OC)c1)C(=O)CN(c1cccc(Cl)c1C)S(=O)(=O)c1ccccc1. The lowest BCUT2D eigenvalue weighted by Gasteiger charge is -2.34. The summed E-state index contributed by atoms with van der Waals surface area (Å²) < 4.78 is 34.4. The summed E-state index contributed by atoms with van der Waals surface area (Å²) in [5.74, 6) is -0.220. The van der Waals surface area contributed by atoms with E-state index in [-0.39, 0.29) is 29.1 Å². The molecule has 0 aliphatic heterocycles. The molecule has 3 rings (SSSR count). The maximum absolute atomic E-state index is 14.2. The highest BCUT2D eigenvalue weighted by Gasteiger charge is 2.34. The van der Waals surface area contributed by atoms with Gasteiger partial charge < -0.3 is 15.0 Å². The van der Waals surface area contributed by atoms with Crippen LogP contribution in [0.1, 0.15) is 44.7 Å². The number of carbonyl (C=O) groups excluding carboxylic acids is 2. The fraction of sp³-hybridized carbons (Fsp3) is 0.355. The molecule has 0 aliphatic rings. The van der Waals surface area contributed by atoms with Gasteiger partial charge in [0.15, 0.2) is 0 Å². The van der Waals surface area contributed by atoms with E-state index in [1.54, 1.807) is 68.6 Å². The molecule has 0 bridgehead atoms. The number of nitrogens with one attached hydrogen (secondary N) is 1. The number of rotatable bonds is 13. The third-order valence-electron chi connectivity index (χ3n) is 6.99. The van der Waals surface area contributed by atoms with Crippen LogP contribution >= 0.6 is 11.6 Å². The van der Waals surface area contributed by atoms with E-state index >= 15 is 0 Å². The highest BCUT2D eigenvalue weighted by molar-refractivity contribution is 7.92. The van der Waals surface area contributed by atoms with E-state index in [9.17, 15) is 18.0 Å². The van der Waals surface area contributed by atoms with Gasteiger partial charge in [0, 0.05) is 17.6 Å². The number of carbonyl (C=O) groups is 2. The molecule has 0 radical (unpaired) electrons. The first kappa shape index (κ1) is 32.0. The average Bonchev–Trinajstić information content (AvgIpc) is 2.97. The molecule has 0 aromatic heterocycles. The Morgan fingerprint density at radius 2 is 1.66 bits per heavy atom. The number of amides is 2. The van der Waals surface area contributed by atoms with Gasteiger partial charge in [0.25, 0.3) is 10.0 Å². The van der Waals surface area contributed by atoms with Gasteiger partial charge in [-0.15, -0.1) is 0 Å². The van der Waals surface area contributed by atoms with Crippen LogP contribution in [0, 0.1) is 6.92 Å². The standard InChI is InChI=1S/C31H38ClN3O5S/c1-6-22(3)33-31(37)28(7-2)34(20-24-13-11-14-25(19-24)40-5)30(36)21-35(29-18-12-17-27(32)23(29)4)41(38,39)26-15-9-8-10-16-26/h8-19,22,28H,6-7,20-21H2,1-5H3,(H,33,37)/t22-,28-/m1/s1. The van der Waals surface area contributed by atoms with Crippen molar-refractivity contribution in [2.24, 2.45) is 0 Å². The molecule has 2 amide bonds. The predicted molar refractivity (Wildman–Crippen MR) is 163 cm³/mol. The molecule has 0 saturated carbocycles. The molecule has 0 aliphatic carbocycles. The molecule has 220 valence electrons. The van der Waals surface area contributed by atoms with Crippen LogP contribution in [0.5, 0.6) is 5.75 Å². The van der Waals surface area contributed by atoms with Crippen molar-refractivity contribution in [3.63, 3.8) is 0 Å². The lowest BCUT2D eigenvalue weighted by Crippen LogP contribution is -2.53. The van der Waals surface area contributed by atoms with Crippen molar-refractivity contribution in [1.29, 1.82) is 0 Å². The van der Waals surface area contributed by atoms with Gasteiger partial charge in [-0.1, -0.05) is 61.8 Å². The van der Waals surface area contributed by atoms with Crippen LogP contribution in [0.4, 0.5) is 5.69 Å². The number of anilines is 1. The first-order chi connectivity index (χ1) is 19.5. The number of hydrogen-bond donors (Lipinski definition) is 1. The zero-order valence-electron chi connectivity index (χ0n) is 24.1. The number of sulfonamides is 1. The molecule has 10 heteroatoms. The minimum atomic E-state index is -4.17. The monoisotopic (exact) mass is 599 g/mol. The smallest absolute Gasteiger partial charge is 0.264 e. The number of ether oxygens (including phenoxy) is 1. The van der Waals surface area contributed by atoms with E-state index in [0.717, 1.165) is 16.3 Å². The van der Waals surface area contributed by atoms with Crippen molar-refractivity contribution < 1.29 is 22.7 Å². The Bertz CT molecular complexity index is 1450. The van der Waals surface area contributed by atoms with Crippen molar-refractivity contribution in [3.8, 4) is 5.75 Å². The van der Waals surface area contributed by atoms with Gasteiger partial charge in [-0.3, -0.25) is 13.9 Å². The van der Waals surface area contributed by atoms with Gasteiger partial charge in [0.2, 0.25) is 11.8 Å². The Kier molecular flexibility index (Phi) is 11.2. The van der Waals surface area contributed by atoms with E-state index in [1.807, 2.05) is 26.8 Å². The summed E-state index contributed by atoms with van der Waals surface area (Å²) in [6.07, 6.45) is 1.06. The van der Waals surface area contributed by atoms with Gasteiger partial charge >= 0.3 is 0 Å². The fourth-order valence-electron chi connectivity index (χ4n) is 4.43. The molecule has 3 aromatic rings. The fourth-order valence-corrected chi connectivity index (χ4v) is 6.09. The predicted octanol–water partition coefficient (Wildman–Crippen LogP) is 5.57. The zero-order valence-corrected chi connectivity index (χ0v) is 25.7. The van der Waals surface area contributed by atoms with Crippen molar-refractivity contribution in [3.05, 3.63) is 88.9 Å². The molecule has 3 aromatic carbocycles. The first-order valence-electron chi connectivity index (χ1n) is 13.6. The third kappa shape index (κ3) is 7.80. The molecule has 0 saturated heterocycles. The molecule has 41 heavy (non-hydrogen) atoms. The van der Waals surface area contributed by atoms with Crippen molar-refractivity contribution in [2.45, 2.75) is 64.1 Å². The van der Waals surface area contributed by atoms with Gasteiger partial charge in [0.1, 0.15) is 18.3 Å². The van der Waals surface area contributed by atoms with Gasteiger partial charge in [0.05, 0.1) is 17.7 Å². The summed E-state index contributed by atoms with van der Waals surface area (Å²) in [6.45, 7) is 6.94. The largest absolute Gasteiger partial charge is 0.497 e. The summed E-state index contributed by atoms with van der Waals surface area (Å²) in [6, 6.07) is 19.2.